The summed E-state index contributed by atoms with van der Waals surface area (Å²) >= 11 is 0. The zero-order valence-electron chi connectivity index (χ0n) is 14.4. The molecule has 1 fully saturated rings. The van der Waals surface area contributed by atoms with Crippen molar-refractivity contribution >= 4 is 11.7 Å². The average Bonchev–Trinajstić information content (AvgIpc) is 2.58. The van der Waals surface area contributed by atoms with Crippen LogP contribution in [0, 0.1) is 22.7 Å². The van der Waals surface area contributed by atoms with Gasteiger partial charge in [0.05, 0.1) is 5.57 Å². The number of rotatable bonds is 1. The third-order valence-electron chi connectivity index (χ3n) is 5.74. The van der Waals surface area contributed by atoms with Crippen LogP contribution in [0.2, 0.25) is 0 Å². The van der Waals surface area contributed by atoms with Crippen molar-refractivity contribution in [2.24, 2.45) is 11.3 Å². The molecule has 0 saturated carbocycles. The fourth-order valence-electron chi connectivity index (χ4n) is 4.50. The van der Waals surface area contributed by atoms with E-state index in [2.05, 4.69) is 6.07 Å². The lowest BCUT2D eigenvalue weighted by atomic mass is 9.52. The molecular formula is C20H22N2O2. The minimum atomic E-state index is -0.626. The Bertz CT molecular complexity index is 758. The van der Waals surface area contributed by atoms with Crippen molar-refractivity contribution in [2.45, 2.75) is 32.6 Å². The summed E-state index contributed by atoms with van der Waals surface area (Å²) in [6.07, 6.45) is 2.58. The average molecular weight is 322 g/mol. The van der Waals surface area contributed by atoms with Crippen LogP contribution in [0.1, 0.15) is 32.8 Å². The third kappa shape index (κ3) is 2.27. The van der Waals surface area contributed by atoms with Crippen molar-refractivity contribution in [3.05, 3.63) is 47.5 Å². The van der Waals surface area contributed by atoms with Gasteiger partial charge in [0, 0.05) is 30.8 Å². The van der Waals surface area contributed by atoms with Crippen molar-refractivity contribution in [1.82, 2.24) is 4.90 Å². The van der Waals surface area contributed by atoms with Crippen LogP contribution in [0.3, 0.4) is 0 Å². The van der Waals surface area contributed by atoms with Gasteiger partial charge in [-0.1, -0.05) is 50.3 Å². The lowest BCUT2D eigenvalue weighted by Crippen LogP contribution is -2.59. The van der Waals surface area contributed by atoms with Crippen molar-refractivity contribution in [1.29, 1.82) is 5.26 Å². The van der Waals surface area contributed by atoms with Crippen molar-refractivity contribution < 1.29 is 9.59 Å². The molecule has 24 heavy (non-hydrogen) atoms. The maximum Gasteiger partial charge on any atom is 0.219 e. The van der Waals surface area contributed by atoms with Gasteiger partial charge in [0.25, 0.3) is 0 Å². The quantitative estimate of drug-likeness (QED) is 0.799. The molecule has 124 valence electrons. The molecule has 1 aliphatic heterocycles. The largest absolute Gasteiger partial charge is 0.342 e. The van der Waals surface area contributed by atoms with E-state index in [0.29, 0.717) is 13.1 Å². The highest BCUT2D eigenvalue weighted by Crippen LogP contribution is 2.53. The van der Waals surface area contributed by atoms with E-state index >= 15 is 0 Å². The molecule has 3 rings (SSSR count). The molecule has 1 saturated heterocycles. The van der Waals surface area contributed by atoms with Crippen LogP contribution in [-0.2, 0) is 15.0 Å². The Kier molecular flexibility index (Phi) is 3.83. The van der Waals surface area contributed by atoms with Crippen LogP contribution in [0.25, 0.3) is 0 Å². The standard InChI is InChI=1S/C20H22N2O2/c1-14(23)22-10-9-17-19(2,3)18(24)15(12-21)11-20(17,13-22)16-7-5-4-6-8-16/h4-8,11,17H,9-10,13H2,1-3H3/t17-,20+/m1/s1. The summed E-state index contributed by atoms with van der Waals surface area (Å²) in [6, 6.07) is 12.1. The van der Waals surface area contributed by atoms with Gasteiger partial charge < -0.3 is 4.90 Å². The summed E-state index contributed by atoms with van der Waals surface area (Å²) < 4.78 is 0. The number of nitrogens with zero attached hydrogens (tertiary/aromatic N) is 2. The molecule has 2 atom stereocenters. The zero-order valence-corrected chi connectivity index (χ0v) is 14.4. The van der Waals surface area contributed by atoms with E-state index in [1.165, 1.54) is 0 Å². The molecule has 0 unspecified atom stereocenters. The summed E-state index contributed by atoms with van der Waals surface area (Å²) in [6.45, 7) is 6.61. The van der Waals surface area contributed by atoms with Gasteiger partial charge in [-0.3, -0.25) is 9.59 Å². The van der Waals surface area contributed by atoms with Gasteiger partial charge in [0.2, 0.25) is 5.91 Å². The molecule has 1 heterocycles. The first kappa shape index (κ1) is 16.4. The molecule has 1 amide bonds. The molecule has 0 N–H and O–H groups in total. The second-order valence-corrected chi connectivity index (χ2v) is 7.41. The number of benzene rings is 1. The lowest BCUT2D eigenvalue weighted by molar-refractivity contribution is -0.136. The molecule has 0 bridgehead atoms. The molecule has 1 aromatic rings. The fourth-order valence-corrected chi connectivity index (χ4v) is 4.50. The number of likely N-dealkylation sites (tertiary alicyclic amines) is 1. The minimum absolute atomic E-state index is 0.0327. The van der Waals surface area contributed by atoms with E-state index in [0.717, 1.165) is 12.0 Å². The molecule has 0 aromatic heterocycles. The second kappa shape index (κ2) is 5.59. The van der Waals surface area contributed by atoms with Gasteiger partial charge >= 0.3 is 0 Å². The minimum Gasteiger partial charge on any atom is -0.342 e. The summed E-state index contributed by atoms with van der Waals surface area (Å²) in [5.74, 6) is 0.0100. The molecule has 0 radical (unpaired) electrons. The maximum absolute atomic E-state index is 12.8. The highest BCUT2D eigenvalue weighted by Gasteiger charge is 2.56. The zero-order chi connectivity index (χ0) is 17.5. The Morgan fingerprint density at radius 3 is 2.54 bits per heavy atom. The van der Waals surface area contributed by atoms with E-state index in [1.54, 1.807) is 6.92 Å². The number of allylic oxidation sites excluding steroid dienone is 1. The summed E-state index contributed by atoms with van der Waals surface area (Å²) in [5.41, 5.74) is 0.159. The van der Waals surface area contributed by atoms with Crippen LogP contribution in [-0.4, -0.2) is 29.7 Å². The number of ketones is 1. The topological polar surface area (TPSA) is 61.2 Å². The van der Waals surface area contributed by atoms with Crippen LogP contribution in [0.4, 0.5) is 0 Å². The predicted molar refractivity (Wildman–Crippen MR) is 91.0 cm³/mol. The Morgan fingerprint density at radius 2 is 1.96 bits per heavy atom. The monoisotopic (exact) mass is 322 g/mol. The number of nitriles is 1. The first-order chi connectivity index (χ1) is 11.3. The third-order valence-corrected chi connectivity index (χ3v) is 5.74. The van der Waals surface area contributed by atoms with E-state index in [9.17, 15) is 14.9 Å². The Labute approximate surface area is 142 Å². The van der Waals surface area contributed by atoms with Gasteiger partial charge in [-0.05, 0) is 17.9 Å². The first-order valence-corrected chi connectivity index (χ1v) is 8.32. The van der Waals surface area contributed by atoms with Gasteiger partial charge in [-0.15, -0.1) is 0 Å². The van der Waals surface area contributed by atoms with Gasteiger partial charge in [0.15, 0.2) is 5.78 Å². The molecule has 1 aliphatic carbocycles. The van der Waals surface area contributed by atoms with E-state index < -0.39 is 10.8 Å². The number of piperidine rings is 1. The summed E-state index contributed by atoms with van der Waals surface area (Å²) in [5, 5.41) is 9.50. The summed E-state index contributed by atoms with van der Waals surface area (Å²) in [7, 11) is 0. The Morgan fingerprint density at radius 1 is 1.29 bits per heavy atom. The van der Waals surface area contributed by atoms with Gasteiger partial charge in [-0.2, -0.15) is 5.26 Å². The molecular weight excluding hydrogens is 300 g/mol. The van der Waals surface area contributed by atoms with Crippen LogP contribution in [0.15, 0.2) is 42.0 Å². The van der Waals surface area contributed by atoms with Crippen LogP contribution in [0.5, 0.6) is 0 Å². The normalized spacial score (nSPS) is 28.6. The number of carbonyl (C=O) groups excluding carboxylic acids is 2. The Hall–Kier alpha value is -2.41. The van der Waals surface area contributed by atoms with E-state index in [1.807, 2.05) is 55.2 Å². The maximum atomic E-state index is 12.8. The number of fused-ring (bicyclic) bond motifs is 1. The highest BCUT2D eigenvalue weighted by atomic mass is 16.2. The highest BCUT2D eigenvalue weighted by molar-refractivity contribution is 6.04. The number of carbonyl (C=O) groups is 2. The van der Waals surface area contributed by atoms with E-state index in [4.69, 9.17) is 0 Å². The van der Waals surface area contributed by atoms with Crippen LogP contribution >= 0.6 is 0 Å². The van der Waals surface area contributed by atoms with E-state index in [-0.39, 0.29) is 23.2 Å². The Balaban J connectivity index is 2.25. The number of amides is 1. The molecule has 2 aliphatic rings. The van der Waals surface area contributed by atoms with Gasteiger partial charge in [0.1, 0.15) is 6.07 Å². The van der Waals surface area contributed by atoms with Gasteiger partial charge in [-0.25, -0.2) is 0 Å². The fraction of sp³-hybridized carbons (Fsp3) is 0.450. The van der Waals surface area contributed by atoms with Crippen molar-refractivity contribution in [3.63, 3.8) is 0 Å². The summed E-state index contributed by atoms with van der Waals surface area (Å²) in [4.78, 5) is 26.6. The molecule has 4 nitrogen and oxygen atoms in total. The number of hydrogen-bond donors (Lipinski definition) is 0. The molecule has 4 heteroatoms. The second-order valence-electron chi connectivity index (χ2n) is 7.41. The van der Waals surface area contributed by atoms with Crippen LogP contribution < -0.4 is 0 Å². The SMILES string of the molecule is CC(=O)N1CC[C@@H]2C(C)(C)C(=O)C(C#N)=C[C@@]2(c2ccccc2)C1. The molecule has 0 spiro atoms. The van der Waals surface area contributed by atoms with Crippen molar-refractivity contribution in [3.8, 4) is 6.07 Å². The smallest absolute Gasteiger partial charge is 0.219 e. The number of Topliss-reactive ketones (excluding diaryl/α,β-unsaturated/α-hetero) is 1. The molecule has 1 aromatic carbocycles. The first-order valence-electron chi connectivity index (χ1n) is 8.32. The van der Waals surface area contributed by atoms with Crippen molar-refractivity contribution in [2.75, 3.05) is 13.1 Å². The predicted octanol–water partition coefficient (Wildman–Crippen LogP) is 2.85. The lowest BCUT2D eigenvalue weighted by Gasteiger charge is -2.54. The number of hydrogen-bond acceptors (Lipinski definition) is 3.